The molecular weight excluding hydrogens is 276 g/mol. The molecule has 1 heterocycles. The van der Waals surface area contributed by atoms with E-state index in [-0.39, 0.29) is 18.7 Å². The van der Waals surface area contributed by atoms with Crippen molar-refractivity contribution in [1.82, 2.24) is 4.90 Å². The summed E-state index contributed by atoms with van der Waals surface area (Å²) in [4.78, 5) is 14.2. The van der Waals surface area contributed by atoms with Gasteiger partial charge in [-0.2, -0.15) is 0 Å². The number of benzene rings is 1. The molecule has 2 N–H and O–H groups in total. The Morgan fingerprint density at radius 1 is 1.50 bits per heavy atom. The van der Waals surface area contributed by atoms with Crippen LogP contribution in [0.15, 0.2) is 12.1 Å². The summed E-state index contributed by atoms with van der Waals surface area (Å²) < 4.78 is 0. The second-order valence-corrected chi connectivity index (χ2v) is 5.70. The van der Waals surface area contributed by atoms with E-state index in [4.69, 9.17) is 16.7 Å². The Morgan fingerprint density at radius 3 is 2.95 bits per heavy atom. The number of urea groups is 1. The normalized spacial score (nSPS) is 18.4. The number of hydrogen-bond donors (Lipinski definition) is 2. The van der Waals surface area contributed by atoms with E-state index in [0.717, 1.165) is 36.2 Å². The summed E-state index contributed by atoms with van der Waals surface area (Å²) in [7, 11) is 0. The van der Waals surface area contributed by atoms with E-state index >= 15 is 0 Å². The molecule has 0 saturated carbocycles. The first kappa shape index (κ1) is 15.1. The fourth-order valence-electron chi connectivity index (χ4n) is 2.74. The van der Waals surface area contributed by atoms with Crippen LogP contribution in [0, 0.1) is 13.8 Å². The summed E-state index contributed by atoms with van der Waals surface area (Å²) in [6.45, 7) is 4.72. The summed E-state index contributed by atoms with van der Waals surface area (Å²) in [5.41, 5.74) is 2.67. The molecule has 2 rings (SSSR count). The van der Waals surface area contributed by atoms with E-state index in [1.54, 1.807) is 0 Å². The summed E-state index contributed by atoms with van der Waals surface area (Å²) in [5, 5.41) is 12.7. The number of carbonyl (C=O) groups excluding carboxylic acids is 1. The van der Waals surface area contributed by atoms with Crippen LogP contribution >= 0.6 is 11.6 Å². The first-order valence-corrected chi connectivity index (χ1v) is 7.36. The Balaban J connectivity index is 2.14. The molecule has 20 heavy (non-hydrogen) atoms. The number of rotatable bonds is 3. The minimum Gasteiger partial charge on any atom is -0.396 e. The van der Waals surface area contributed by atoms with Crippen molar-refractivity contribution in [3.05, 3.63) is 28.3 Å². The number of amides is 2. The third kappa shape index (κ3) is 3.07. The van der Waals surface area contributed by atoms with Crippen LogP contribution in [0.25, 0.3) is 0 Å². The van der Waals surface area contributed by atoms with Gasteiger partial charge in [-0.05, 0) is 50.3 Å². The lowest BCUT2D eigenvalue weighted by atomic mass is 10.1. The molecule has 0 aromatic heterocycles. The predicted octanol–water partition coefficient (Wildman–Crippen LogP) is 3.34. The first-order chi connectivity index (χ1) is 9.54. The highest BCUT2D eigenvalue weighted by atomic mass is 35.5. The molecule has 110 valence electrons. The third-order valence-corrected chi connectivity index (χ3v) is 4.35. The van der Waals surface area contributed by atoms with Crippen molar-refractivity contribution in [2.75, 3.05) is 18.5 Å². The fraction of sp³-hybridized carbons (Fsp3) is 0.533. The van der Waals surface area contributed by atoms with E-state index in [1.165, 1.54) is 0 Å². The highest BCUT2D eigenvalue weighted by Crippen LogP contribution is 2.28. The maximum Gasteiger partial charge on any atom is 0.322 e. The van der Waals surface area contributed by atoms with Gasteiger partial charge in [0.05, 0.1) is 0 Å². The Hall–Kier alpha value is -1.26. The number of halogens is 1. The van der Waals surface area contributed by atoms with E-state index < -0.39 is 0 Å². The van der Waals surface area contributed by atoms with E-state index in [2.05, 4.69) is 5.32 Å². The lowest BCUT2D eigenvalue weighted by Gasteiger charge is -2.25. The molecule has 0 unspecified atom stereocenters. The van der Waals surface area contributed by atoms with Gasteiger partial charge in [0, 0.05) is 29.9 Å². The third-order valence-electron chi connectivity index (χ3n) is 3.94. The van der Waals surface area contributed by atoms with Gasteiger partial charge in [-0.1, -0.05) is 17.7 Å². The molecule has 1 atom stereocenters. The van der Waals surface area contributed by atoms with E-state index in [9.17, 15) is 4.79 Å². The molecule has 1 fully saturated rings. The van der Waals surface area contributed by atoms with Crippen molar-refractivity contribution in [3.8, 4) is 0 Å². The summed E-state index contributed by atoms with van der Waals surface area (Å²) in [5.74, 6) is 0. The van der Waals surface area contributed by atoms with Crippen LogP contribution in [0.2, 0.25) is 5.02 Å². The monoisotopic (exact) mass is 296 g/mol. The van der Waals surface area contributed by atoms with Gasteiger partial charge >= 0.3 is 6.03 Å². The average molecular weight is 297 g/mol. The van der Waals surface area contributed by atoms with Gasteiger partial charge in [-0.3, -0.25) is 0 Å². The lowest BCUT2D eigenvalue weighted by molar-refractivity contribution is 0.189. The Morgan fingerprint density at radius 2 is 2.25 bits per heavy atom. The van der Waals surface area contributed by atoms with Crippen molar-refractivity contribution in [2.24, 2.45) is 0 Å². The smallest absolute Gasteiger partial charge is 0.322 e. The number of hydrogen-bond acceptors (Lipinski definition) is 2. The number of aliphatic hydroxyl groups excluding tert-OH is 1. The summed E-state index contributed by atoms with van der Waals surface area (Å²) in [6.07, 6.45) is 2.59. The average Bonchev–Trinajstić information content (AvgIpc) is 2.88. The molecule has 1 saturated heterocycles. The zero-order valence-corrected chi connectivity index (χ0v) is 12.7. The van der Waals surface area contributed by atoms with E-state index in [0.29, 0.717) is 11.4 Å². The van der Waals surface area contributed by atoms with Gasteiger partial charge in [0.15, 0.2) is 0 Å². The fourth-order valence-corrected chi connectivity index (χ4v) is 2.90. The maximum atomic E-state index is 12.4. The molecule has 0 bridgehead atoms. The van der Waals surface area contributed by atoms with Crippen LogP contribution in [-0.2, 0) is 0 Å². The Kier molecular flexibility index (Phi) is 4.89. The molecule has 5 heteroatoms. The summed E-state index contributed by atoms with van der Waals surface area (Å²) >= 11 is 6.11. The van der Waals surface area contributed by atoms with Crippen molar-refractivity contribution >= 4 is 23.3 Å². The van der Waals surface area contributed by atoms with Crippen molar-refractivity contribution in [1.29, 1.82) is 0 Å². The van der Waals surface area contributed by atoms with Gasteiger partial charge in [0.2, 0.25) is 0 Å². The molecule has 1 aliphatic rings. The molecule has 0 aliphatic carbocycles. The first-order valence-electron chi connectivity index (χ1n) is 6.98. The van der Waals surface area contributed by atoms with Crippen LogP contribution < -0.4 is 5.32 Å². The minimum absolute atomic E-state index is 0.102. The molecule has 0 spiro atoms. The molecular formula is C15H21ClN2O2. The number of aryl methyl sites for hydroxylation is 1. The minimum atomic E-state index is -0.102. The van der Waals surface area contributed by atoms with Gasteiger partial charge < -0.3 is 15.3 Å². The number of carbonyl (C=O) groups is 1. The van der Waals surface area contributed by atoms with Gasteiger partial charge in [0.1, 0.15) is 0 Å². The molecule has 0 radical (unpaired) electrons. The van der Waals surface area contributed by atoms with Crippen molar-refractivity contribution in [2.45, 2.75) is 39.2 Å². The highest BCUT2D eigenvalue weighted by Gasteiger charge is 2.28. The SMILES string of the molecule is Cc1ccc(Cl)c(C)c1NC(=O)N1CCC[C@@H]1CCO. The largest absolute Gasteiger partial charge is 0.396 e. The zero-order valence-electron chi connectivity index (χ0n) is 11.9. The second kappa shape index (κ2) is 6.46. The van der Waals surface area contributed by atoms with Crippen LogP contribution in [0.5, 0.6) is 0 Å². The summed E-state index contributed by atoms with van der Waals surface area (Å²) in [6, 6.07) is 3.78. The molecule has 1 aromatic carbocycles. The Bertz CT molecular complexity index is 505. The van der Waals surface area contributed by atoms with Crippen molar-refractivity contribution in [3.63, 3.8) is 0 Å². The van der Waals surface area contributed by atoms with Crippen molar-refractivity contribution < 1.29 is 9.90 Å². The van der Waals surface area contributed by atoms with Crippen LogP contribution in [0.3, 0.4) is 0 Å². The number of likely N-dealkylation sites (tertiary alicyclic amines) is 1. The van der Waals surface area contributed by atoms with Gasteiger partial charge in [-0.25, -0.2) is 4.79 Å². The number of nitrogens with one attached hydrogen (secondary N) is 1. The predicted molar refractivity (Wildman–Crippen MR) is 81.4 cm³/mol. The van der Waals surface area contributed by atoms with Gasteiger partial charge in [-0.15, -0.1) is 0 Å². The molecule has 1 aliphatic heterocycles. The number of aliphatic hydroxyl groups is 1. The van der Waals surface area contributed by atoms with Crippen LogP contribution in [0.4, 0.5) is 10.5 Å². The standard InChI is InChI=1S/C15H21ClN2O2/c1-10-5-6-13(16)11(2)14(10)17-15(20)18-8-3-4-12(18)7-9-19/h5-6,12,19H,3-4,7-9H2,1-2H3,(H,17,20)/t12-/m1/s1. The number of nitrogens with zero attached hydrogens (tertiary/aromatic N) is 1. The Labute approximate surface area is 124 Å². The van der Waals surface area contributed by atoms with Crippen LogP contribution in [0.1, 0.15) is 30.4 Å². The molecule has 4 nitrogen and oxygen atoms in total. The topological polar surface area (TPSA) is 52.6 Å². The zero-order chi connectivity index (χ0) is 14.7. The van der Waals surface area contributed by atoms with Crippen LogP contribution in [-0.4, -0.2) is 35.2 Å². The second-order valence-electron chi connectivity index (χ2n) is 5.30. The molecule has 2 amide bonds. The maximum absolute atomic E-state index is 12.4. The lowest BCUT2D eigenvalue weighted by Crippen LogP contribution is -2.39. The van der Waals surface area contributed by atoms with Gasteiger partial charge in [0.25, 0.3) is 0 Å². The van der Waals surface area contributed by atoms with E-state index in [1.807, 2.05) is 30.9 Å². The number of anilines is 1. The molecule has 1 aromatic rings. The highest BCUT2D eigenvalue weighted by molar-refractivity contribution is 6.31. The quantitative estimate of drug-likeness (QED) is 0.899.